The molecule has 146 valence electrons. The molecule has 8 nitrogen and oxygen atoms in total. The number of hydrogen-bond acceptors (Lipinski definition) is 5. The molecule has 2 aromatic heterocycles. The summed E-state index contributed by atoms with van der Waals surface area (Å²) in [6.07, 6.45) is 3.68. The standard InChI is InChI=1S/C20H23N5O3/c1-11(2)10-25-17-16(18(26)23-20(25)28)14(9-15(22-17)12-3-4-12)19(27)24(8-7-21)13-5-6-13/h9,11-13H,3-6,8,10H2,1-2H3,(H,23,26,28). The van der Waals surface area contributed by atoms with Gasteiger partial charge in [-0.05, 0) is 37.7 Å². The van der Waals surface area contributed by atoms with Gasteiger partial charge in [-0.1, -0.05) is 13.8 Å². The Kier molecular flexibility index (Phi) is 4.53. The third kappa shape index (κ3) is 3.33. The first-order valence-corrected chi connectivity index (χ1v) is 9.76. The zero-order chi connectivity index (χ0) is 20.0. The molecule has 2 aliphatic rings. The summed E-state index contributed by atoms with van der Waals surface area (Å²) in [5.41, 5.74) is 0.133. The molecule has 0 bridgehead atoms. The first kappa shape index (κ1) is 18.4. The number of hydrogen-bond donors (Lipinski definition) is 1. The van der Waals surface area contributed by atoms with Gasteiger partial charge in [0.1, 0.15) is 6.54 Å². The van der Waals surface area contributed by atoms with Gasteiger partial charge in [0.2, 0.25) is 0 Å². The van der Waals surface area contributed by atoms with Crippen LogP contribution in [0.4, 0.5) is 0 Å². The zero-order valence-electron chi connectivity index (χ0n) is 16.1. The zero-order valence-corrected chi connectivity index (χ0v) is 16.1. The van der Waals surface area contributed by atoms with Crippen LogP contribution in [0.5, 0.6) is 0 Å². The van der Waals surface area contributed by atoms with Crippen LogP contribution in [0.25, 0.3) is 11.0 Å². The number of amides is 1. The summed E-state index contributed by atoms with van der Waals surface area (Å²) in [5, 5.41) is 9.28. The van der Waals surface area contributed by atoms with Crippen molar-refractivity contribution in [1.82, 2.24) is 19.4 Å². The fraction of sp³-hybridized carbons (Fsp3) is 0.550. The monoisotopic (exact) mass is 381 g/mol. The van der Waals surface area contributed by atoms with Crippen molar-refractivity contribution in [3.8, 4) is 6.07 Å². The Morgan fingerprint density at radius 1 is 1.36 bits per heavy atom. The van der Waals surface area contributed by atoms with Crippen molar-refractivity contribution in [3.05, 3.63) is 38.2 Å². The van der Waals surface area contributed by atoms with Crippen molar-refractivity contribution in [3.63, 3.8) is 0 Å². The lowest BCUT2D eigenvalue weighted by Gasteiger charge is -2.21. The number of rotatable bonds is 6. The van der Waals surface area contributed by atoms with Crippen LogP contribution in [0.2, 0.25) is 0 Å². The van der Waals surface area contributed by atoms with Gasteiger partial charge in [-0.25, -0.2) is 9.78 Å². The van der Waals surface area contributed by atoms with Crippen LogP contribution in [-0.2, 0) is 6.54 Å². The second kappa shape index (κ2) is 6.89. The first-order chi connectivity index (χ1) is 13.4. The highest BCUT2D eigenvalue weighted by molar-refractivity contribution is 6.05. The summed E-state index contributed by atoms with van der Waals surface area (Å²) >= 11 is 0. The van der Waals surface area contributed by atoms with E-state index in [0.29, 0.717) is 6.54 Å². The number of carbonyl (C=O) groups is 1. The Hall–Kier alpha value is -2.95. The van der Waals surface area contributed by atoms with Crippen LogP contribution in [0.1, 0.15) is 61.5 Å². The highest BCUT2D eigenvalue weighted by atomic mass is 16.2. The van der Waals surface area contributed by atoms with Crippen molar-refractivity contribution >= 4 is 16.9 Å². The summed E-state index contributed by atoms with van der Waals surface area (Å²) < 4.78 is 1.45. The molecule has 0 radical (unpaired) electrons. The first-order valence-electron chi connectivity index (χ1n) is 9.76. The lowest BCUT2D eigenvalue weighted by molar-refractivity contribution is 0.0766. The summed E-state index contributed by atoms with van der Waals surface area (Å²) in [6, 6.07) is 3.78. The molecule has 1 amide bonds. The van der Waals surface area contributed by atoms with Crippen LogP contribution in [0.15, 0.2) is 15.7 Å². The number of nitrogens with zero attached hydrogens (tertiary/aromatic N) is 4. The van der Waals surface area contributed by atoms with Gasteiger partial charge in [-0.2, -0.15) is 5.26 Å². The summed E-state index contributed by atoms with van der Waals surface area (Å²) in [6.45, 7) is 4.32. The van der Waals surface area contributed by atoms with E-state index in [-0.39, 0.29) is 46.9 Å². The smallest absolute Gasteiger partial charge is 0.322 e. The van der Waals surface area contributed by atoms with Gasteiger partial charge < -0.3 is 4.90 Å². The number of nitriles is 1. The van der Waals surface area contributed by atoms with Crippen molar-refractivity contribution < 1.29 is 4.79 Å². The molecular formula is C20H23N5O3. The molecule has 1 N–H and O–H groups in total. The van der Waals surface area contributed by atoms with Crippen LogP contribution in [0, 0.1) is 17.2 Å². The molecule has 8 heteroatoms. The molecule has 2 saturated carbocycles. The van der Waals surface area contributed by atoms with E-state index in [9.17, 15) is 14.4 Å². The van der Waals surface area contributed by atoms with Gasteiger partial charge in [-0.3, -0.25) is 19.1 Å². The summed E-state index contributed by atoms with van der Waals surface area (Å²) in [5.74, 6) is 0.0839. The predicted octanol–water partition coefficient (Wildman–Crippen LogP) is 1.75. The minimum absolute atomic E-state index is 0.0182. The van der Waals surface area contributed by atoms with Crippen LogP contribution >= 0.6 is 0 Å². The minimum atomic E-state index is -0.606. The number of fused-ring (bicyclic) bond motifs is 1. The lowest BCUT2D eigenvalue weighted by Crippen LogP contribution is -2.37. The van der Waals surface area contributed by atoms with Crippen molar-refractivity contribution in [2.45, 2.75) is 58.0 Å². The van der Waals surface area contributed by atoms with E-state index in [1.165, 1.54) is 9.47 Å². The van der Waals surface area contributed by atoms with E-state index in [1.807, 2.05) is 19.9 Å². The predicted molar refractivity (Wildman–Crippen MR) is 103 cm³/mol. The van der Waals surface area contributed by atoms with E-state index in [1.54, 1.807) is 6.07 Å². The molecule has 2 fully saturated rings. The molecule has 0 aliphatic heterocycles. The molecule has 0 spiro atoms. The highest BCUT2D eigenvalue weighted by Gasteiger charge is 2.35. The highest BCUT2D eigenvalue weighted by Crippen LogP contribution is 2.40. The second-order valence-electron chi connectivity index (χ2n) is 8.15. The maximum atomic E-state index is 13.3. The lowest BCUT2D eigenvalue weighted by atomic mass is 10.1. The van der Waals surface area contributed by atoms with Crippen LogP contribution in [0.3, 0.4) is 0 Å². The van der Waals surface area contributed by atoms with Crippen molar-refractivity contribution in [1.29, 1.82) is 5.26 Å². The number of aromatic nitrogens is 3. The number of aromatic amines is 1. The largest absolute Gasteiger partial charge is 0.330 e. The van der Waals surface area contributed by atoms with Gasteiger partial charge in [0, 0.05) is 24.2 Å². The number of pyridine rings is 1. The number of H-pyrrole nitrogens is 1. The average Bonchev–Trinajstić information content (AvgIpc) is 3.54. The Morgan fingerprint density at radius 2 is 2.07 bits per heavy atom. The average molecular weight is 381 g/mol. The number of carbonyl (C=O) groups excluding carboxylic acids is 1. The fourth-order valence-electron chi connectivity index (χ4n) is 3.57. The Bertz CT molecular complexity index is 1100. The maximum Gasteiger partial charge on any atom is 0.330 e. The molecule has 4 rings (SSSR count). The second-order valence-corrected chi connectivity index (χ2v) is 8.15. The normalized spacial score (nSPS) is 16.4. The third-order valence-electron chi connectivity index (χ3n) is 5.23. The Morgan fingerprint density at radius 3 is 2.64 bits per heavy atom. The molecular weight excluding hydrogens is 358 g/mol. The van der Waals surface area contributed by atoms with Gasteiger partial charge in [0.05, 0.1) is 17.0 Å². The van der Waals surface area contributed by atoms with Gasteiger partial charge >= 0.3 is 5.69 Å². The van der Waals surface area contributed by atoms with Gasteiger partial charge in [0.25, 0.3) is 11.5 Å². The molecule has 2 aliphatic carbocycles. The van der Waals surface area contributed by atoms with E-state index in [2.05, 4.69) is 9.97 Å². The SMILES string of the molecule is CC(C)Cn1c(=O)[nH]c(=O)c2c(C(=O)N(CC#N)C3CC3)cc(C3CC3)nc21. The molecule has 0 aromatic carbocycles. The number of nitrogens with one attached hydrogen (secondary N) is 1. The van der Waals surface area contributed by atoms with Crippen LogP contribution in [-0.4, -0.2) is 37.9 Å². The summed E-state index contributed by atoms with van der Waals surface area (Å²) in [7, 11) is 0. The van der Waals surface area contributed by atoms with E-state index in [4.69, 9.17) is 5.26 Å². The Labute approximate surface area is 161 Å². The van der Waals surface area contributed by atoms with E-state index in [0.717, 1.165) is 31.4 Å². The molecule has 2 heterocycles. The van der Waals surface area contributed by atoms with E-state index >= 15 is 0 Å². The molecule has 0 unspecified atom stereocenters. The molecule has 0 atom stereocenters. The van der Waals surface area contributed by atoms with Gasteiger partial charge in [-0.15, -0.1) is 0 Å². The van der Waals surface area contributed by atoms with Gasteiger partial charge in [0.15, 0.2) is 5.65 Å². The van der Waals surface area contributed by atoms with Crippen LogP contribution < -0.4 is 11.2 Å². The third-order valence-corrected chi connectivity index (χ3v) is 5.23. The molecule has 2 aromatic rings. The van der Waals surface area contributed by atoms with Crippen molar-refractivity contribution in [2.24, 2.45) is 5.92 Å². The minimum Gasteiger partial charge on any atom is -0.322 e. The quantitative estimate of drug-likeness (QED) is 0.766. The summed E-state index contributed by atoms with van der Waals surface area (Å²) in [4.78, 5) is 46.9. The molecule has 0 saturated heterocycles. The van der Waals surface area contributed by atoms with Crippen molar-refractivity contribution in [2.75, 3.05) is 6.54 Å². The molecule has 28 heavy (non-hydrogen) atoms. The maximum absolute atomic E-state index is 13.3. The Balaban J connectivity index is 1.97. The van der Waals surface area contributed by atoms with E-state index < -0.39 is 11.2 Å². The fourth-order valence-corrected chi connectivity index (χ4v) is 3.57. The topological polar surface area (TPSA) is 112 Å².